The van der Waals surface area contributed by atoms with Gasteiger partial charge in [-0.05, 0) is 64.5 Å². The number of hydrogen-bond acceptors (Lipinski definition) is 3. The number of benzene rings is 2. The predicted molar refractivity (Wildman–Crippen MR) is 138 cm³/mol. The van der Waals surface area contributed by atoms with E-state index in [1.165, 1.54) is 4.90 Å². The lowest BCUT2D eigenvalue weighted by Crippen LogP contribution is -2.49. The molecule has 0 saturated heterocycles. The fourth-order valence-corrected chi connectivity index (χ4v) is 4.13. The van der Waals surface area contributed by atoms with Crippen LogP contribution in [-0.4, -0.2) is 35.9 Å². The van der Waals surface area contributed by atoms with Gasteiger partial charge in [-0.3, -0.25) is 9.59 Å². The van der Waals surface area contributed by atoms with Gasteiger partial charge in [-0.1, -0.05) is 63.0 Å². The van der Waals surface area contributed by atoms with E-state index in [0.717, 1.165) is 10.0 Å². The van der Waals surface area contributed by atoms with E-state index in [4.69, 9.17) is 27.9 Å². The van der Waals surface area contributed by atoms with Crippen LogP contribution in [0.5, 0.6) is 5.75 Å². The maximum atomic E-state index is 13.2. The summed E-state index contributed by atoms with van der Waals surface area (Å²) in [5.41, 5.74) is 1.74. The Morgan fingerprint density at radius 1 is 1.06 bits per heavy atom. The fraction of sp³-hybridized carbons (Fsp3) is 0.440. The van der Waals surface area contributed by atoms with Crippen molar-refractivity contribution in [1.29, 1.82) is 0 Å². The summed E-state index contributed by atoms with van der Waals surface area (Å²) in [5.74, 6) is 0.622. The quantitative estimate of drug-likeness (QED) is 0.365. The highest BCUT2D eigenvalue weighted by atomic mass is 79.9. The third-order valence-corrected chi connectivity index (χ3v) is 6.54. The normalized spacial score (nSPS) is 12.1. The van der Waals surface area contributed by atoms with Gasteiger partial charge in [0, 0.05) is 28.7 Å². The van der Waals surface area contributed by atoms with Crippen LogP contribution in [0, 0.1) is 5.92 Å². The van der Waals surface area contributed by atoms with Crippen molar-refractivity contribution in [3.05, 3.63) is 62.0 Å². The molecule has 0 aliphatic rings. The molecule has 2 aromatic rings. The number of hydrogen-bond donors (Lipinski definition) is 1. The maximum Gasteiger partial charge on any atom is 0.261 e. The average Bonchev–Trinajstić information content (AvgIpc) is 2.75. The van der Waals surface area contributed by atoms with Crippen molar-refractivity contribution in [2.45, 2.75) is 53.1 Å². The molecule has 2 rings (SSSR count). The molecule has 0 heterocycles. The monoisotopic (exact) mass is 556 g/mol. The summed E-state index contributed by atoms with van der Waals surface area (Å²) in [6.45, 7) is 10.3. The minimum atomic E-state index is -0.737. The molecule has 0 radical (unpaired) electrons. The van der Waals surface area contributed by atoms with E-state index in [2.05, 4.69) is 35.1 Å². The molecule has 2 aromatic carbocycles. The number of amides is 2. The van der Waals surface area contributed by atoms with Crippen molar-refractivity contribution >= 4 is 50.9 Å². The summed E-state index contributed by atoms with van der Waals surface area (Å²) in [6, 6.07) is 10.2. The molecular weight excluding hydrogens is 527 g/mol. The molecule has 0 saturated carbocycles. The molecule has 1 atom stereocenters. The smallest absolute Gasteiger partial charge is 0.261 e. The lowest BCUT2D eigenvalue weighted by molar-refractivity contribution is -0.142. The number of nitrogens with one attached hydrogen (secondary N) is 1. The SMILES string of the molecule is CC(C)CNC(=O)[C@H](C)N(Cc1c(Cl)cccc1Cl)C(=O)COc1ccc(C(C)C)cc1Br. The predicted octanol–water partition coefficient (Wildman–Crippen LogP) is 6.45. The van der Waals surface area contributed by atoms with E-state index >= 15 is 0 Å². The molecule has 0 aliphatic heterocycles. The van der Waals surface area contributed by atoms with Crippen LogP contribution in [0.25, 0.3) is 0 Å². The highest BCUT2D eigenvalue weighted by molar-refractivity contribution is 9.10. The summed E-state index contributed by atoms with van der Waals surface area (Å²) in [5, 5.41) is 3.75. The van der Waals surface area contributed by atoms with Crippen LogP contribution in [0.1, 0.15) is 51.7 Å². The highest BCUT2D eigenvalue weighted by Crippen LogP contribution is 2.30. The fourth-order valence-electron chi connectivity index (χ4n) is 3.10. The third kappa shape index (κ3) is 7.90. The number of ether oxygens (including phenoxy) is 1. The molecule has 2 amide bonds. The second-order valence-corrected chi connectivity index (χ2v) is 10.3. The Morgan fingerprint density at radius 3 is 2.24 bits per heavy atom. The molecule has 180 valence electrons. The van der Waals surface area contributed by atoms with Gasteiger partial charge in [0.15, 0.2) is 6.61 Å². The summed E-state index contributed by atoms with van der Waals surface area (Å²) < 4.78 is 6.57. The minimum Gasteiger partial charge on any atom is -0.483 e. The molecule has 0 bridgehead atoms. The zero-order valence-electron chi connectivity index (χ0n) is 19.6. The highest BCUT2D eigenvalue weighted by Gasteiger charge is 2.28. The van der Waals surface area contributed by atoms with Crippen molar-refractivity contribution < 1.29 is 14.3 Å². The molecule has 0 unspecified atom stereocenters. The van der Waals surface area contributed by atoms with Gasteiger partial charge in [0.25, 0.3) is 5.91 Å². The summed E-state index contributed by atoms with van der Waals surface area (Å²) in [4.78, 5) is 27.4. The zero-order valence-corrected chi connectivity index (χ0v) is 22.7. The Morgan fingerprint density at radius 2 is 1.70 bits per heavy atom. The van der Waals surface area contributed by atoms with Gasteiger partial charge in [0.2, 0.25) is 5.91 Å². The lowest BCUT2D eigenvalue weighted by Gasteiger charge is -2.29. The molecule has 0 fully saturated rings. The standard InChI is InChI=1S/C25H31BrCl2N2O3/c1-15(2)12-29-25(32)17(5)30(13-19-21(27)7-6-8-22(19)28)24(31)14-33-23-10-9-18(16(3)4)11-20(23)26/h6-11,15-17H,12-14H2,1-5H3,(H,29,32)/t17-/m0/s1. The molecule has 33 heavy (non-hydrogen) atoms. The van der Waals surface area contributed by atoms with Gasteiger partial charge >= 0.3 is 0 Å². The number of rotatable bonds is 10. The van der Waals surface area contributed by atoms with Crippen LogP contribution in [0.15, 0.2) is 40.9 Å². The number of halogens is 3. The molecule has 0 aliphatic carbocycles. The van der Waals surface area contributed by atoms with Crippen molar-refractivity contribution in [2.75, 3.05) is 13.2 Å². The van der Waals surface area contributed by atoms with E-state index < -0.39 is 6.04 Å². The molecule has 5 nitrogen and oxygen atoms in total. The van der Waals surface area contributed by atoms with E-state index in [1.54, 1.807) is 25.1 Å². The summed E-state index contributed by atoms with van der Waals surface area (Å²) >= 11 is 16.2. The third-order valence-electron chi connectivity index (χ3n) is 5.22. The lowest BCUT2D eigenvalue weighted by atomic mass is 10.0. The van der Waals surface area contributed by atoms with Crippen molar-refractivity contribution in [3.63, 3.8) is 0 Å². The molecule has 0 aromatic heterocycles. The first-order chi connectivity index (χ1) is 15.5. The van der Waals surface area contributed by atoms with Gasteiger partial charge < -0.3 is 15.0 Å². The minimum absolute atomic E-state index is 0.0877. The Kier molecular flexibility index (Phi) is 10.5. The van der Waals surface area contributed by atoms with Gasteiger partial charge in [0.1, 0.15) is 11.8 Å². The Bertz CT molecular complexity index is 962. The Hall–Kier alpha value is -1.76. The van der Waals surface area contributed by atoms with E-state index in [1.807, 2.05) is 32.0 Å². The number of carbonyl (C=O) groups excluding carboxylic acids is 2. The Labute approximate surface area is 214 Å². The first kappa shape index (κ1) is 27.5. The van der Waals surface area contributed by atoms with Crippen LogP contribution in [0.3, 0.4) is 0 Å². The van der Waals surface area contributed by atoms with Crippen LogP contribution in [0.4, 0.5) is 0 Å². The van der Waals surface area contributed by atoms with Gasteiger partial charge in [-0.25, -0.2) is 0 Å². The van der Waals surface area contributed by atoms with E-state index in [0.29, 0.717) is 33.8 Å². The molecular formula is C25H31BrCl2N2O3. The number of nitrogens with zero attached hydrogens (tertiary/aromatic N) is 1. The largest absolute Gasteiger partial charge is 0.483 e. The van der Waals surface area contributed by atoms with E-state index in [-0.39, 0.29) is 30.9 Å². The summed E-state index contributed by atoms with van der Waals surface area (Å²) in [7, 11) is 0. The summed E-state index contributed by atoms with van der Waals surface area (Å²) in [6.07, 6.45) is 0. The average molecular weight is 558 g/mol. The van der Waals surface area contributed by atoms with Crippen LogP contribution in [-0.2, 0) is 16.1 Å². The molecule has 8 heteroatoms. The van der Waals surface area contributed by atoms with E-state index in [9.17, 15) is 9.59 Å². The van der Waals surface area contributed by atoms with Gasteiger partial charge in [-0.15, -0.1) is 0 Å². The van der Waals surface area contributed by atoms with Crippen LogP contribution >= 0.6 is 39.1 Å². The van der Waals surface area contributed by atoms with Crippen LogP contribution < -0.4 is 10.1 Å². The first-order valence-electron chi connectivity index (χ1n) is 10.9. The van der Waals surface area contributed by atoms with Gasteiger partial charge in [0.05, 0.1) is 4.47 Å². The van der Waals surface area contributed by atoms with Crippen molar-refractivity contribution in [2.24, 2.45) is 5.92 Å². The van der Waals surface area contributed by atoms with Gasteiger partial charge in [-0.2, -0.15) is 0 Å². The second-order valence-electron chi connectivity index (χ2n) is 8.67. The molecule has 1 N–H and O–H groups in total. The maximum absolute atomic E-state index is 13.2. The van der Waals surface area contributed by atoms with Crippen molar-refractivity contribution in [1.82, 2.24) is 10.2 Å². The second kappa shape index (κ2) is 12.6. The first-order valence-corrected chi connectivity index (χ1v) is 12.5. The molecule has 0 spiro atoms. The number of carbonyl (C=O) groups is 2. The Balaban J connectivity index is 2.22. The van der Waals surface area contributed by atoms with Crippen molar-refractivity contribution in [3.8, 4) is 5.75 Å². The topological polar surface area (TPSA) is 58.6 Å². The zero-order chi connectivity index (χ0) is 24.7. The van der Waals surface area contributed by atoms with Crippen LogP contribution in [0.2, 0.25) is 10.0 Å².